The van der Waals surface area contributed by atoms with Gasteiger partial charge in [-0.3, -0.25) is 14.9 Å². The van der Waals surface area contributed by atoms with E-state index in [4.69, 9.17) is 22.1 Å². The van der Waals surface area contributed by atoms with Crippen LogP contribution >= 0.6 is 11.6 Å². The van der Waals surface area contributed by atoms with Gasteiger partial charge in [-0.15, -0.1) is 0 Å². The van der Waals surface area contributed by atoms with Gasteiger partial charge < -0.3 is 15.4 Å². The molecule has 0 saturated carbocycles. The lowest BCUT2D eigenvalue weighted by Crippen LogP contribution is -2.48. The minimum absolute atomic E-state index is 0.00177. The summed E-state index contributed by atoms with van der Waals surface area (Å²) in [5.41, 5.74) is 5.21. The third-order valence-corrected chi connectivity index (χ3v) is 3.57. The molecular formula is C13H16ClN3O4. The Hall–Kier alpha value is -1.86. The van der Waals surface area contributed by atoms with Crippen LogP contribution in [0.1, 0.15) is 24.2 Å². The van der Waals surface area contributed by atoms with Crippen molar-refractivity contribution in [1.29, 1.82) is 0 Å². The SMILES string of the molecule is C[C@@H]1CN(C(=O)c2cc(Cl)c(N)c([N+](=O)[O-])c2)C[C@H](C)O1. The van der Waals surface area contributed by atoms with Crippen molar-refractivity contribution in [3.05, 3.63) is 32.8 Å². The topological polar surface area (TPSA) is 98.7 Å². The summed E-state index contributed by atoms with van der Waals surface area (Å²) in [5.74, 6) is -0.318. The van der Waals surface area contributed by atoms with Crippen LogP contribution in [0.15, 0.2) is 12.1 Å². The number of morpholine rings is 1. The van der Waals surface area contributed by atoms with Gasteiger partial charge in [0.25, 0.3) is 11.6 Å². The first-order valence-electron chi connectivity index (χ1n) is 6.47. The van der Waals surface area contributed by atoms with Crippen LogP contribution in [0.3, 0.4) is 0 Å². The van der Waals surface area contributed by atoms with Gasteiger partial charge in [0.1, 0.15) is 5.69 Å². The lowest BCUT2D eigenvalue weighted by atomic mass is 10.1. The van der Waals surface area contributed by atoms with Crippen molar-refractivity contribution in [1.82, 2.24) is 4.90 Å². The standard InChI is InChI=1S/C13H16ClN3O4/c1-7-5-16(6-8(2)21-7)13(18)9-3-10(14)12(15)11(4-9)17(19)20/h3-4,7-8H,5-6,15H2,1-2H3/t7-,8+. The molecule has 0 unspecified atom stereocenters. The Balaban J connectivity index is 2.33. The van der Waals surface area contributed by atoms with Crippen LogP contribution in [0.2, 0.25) is 5.02 Å². The third kappa shape index (κ3) is 3.25. The van der Waals surface area contributed by atoms with Gasteiger partial charge in [-0.2, -0.15) is 0 Å². The average Bonchev–Trinajstić information content (AvgIpc) is 2.39. The van der Waals surface area contributed by atoms with Crippen molar-refractivity contribution in [2.24, 2.45) is 0 Å². The van der Waals surface area contributed by atoms with Crippen LogP contribution in [0.4, 0.5) is 11.4 Å². The highest BCUT2D eigenvalue weighted by atomic mass is 35.5. The number of benzene rings is 1. The summed E-state index contributed by atoms with van der Waals surface area (Å²) in [5, 5.41) is 11.0. The fourth-order valence-corrected chi connectivity index (χ4v) is 2.62. The van der Waals surface area contributed by atoms with E-state index in [2.05, 4.69) is 0 Å². The van der Waals surface area contributed by atoms with Gasteiger partial charge in [-0.1, -0.05) is 11.6 Å². The number of nitro groups is 1. The summed E-state index contributed by atoms with van der Waals surface area (Å²) in [6.45, 7) is 4.60. The lowest BCUT2D eigenvalue weighted by molar-refractivity contribution is -0.383. The second kappa shape index (κ2) is 5.87. The minimum atomic E-state index is -0.650. The van der Waals surface area contributed by atoms with Gasteiger partial charge in [0.2, 0.25) is 0 Å². The van der Waals surface area contributed by atoms with Gasteiger partial charge in [-0.25, -0.2) is 0 Å². The molecule has 1 aliphatic rings. The maximum atomic E-state index is 12.5. The number of carbonyl (C=O) groups is 1. The highest BCUT2D eigenvalue weighted by Gasteiger charge is 2.28. The third-order valence-electron chi connectivity index (χ3n) is 3.26. The van der Waals surface area contributed by atoms with Crippen LogP contribution in [-0.4, -0.2) is 41.0 Å². The van der Waals surface area contributed by atoms with Crippen molar-refractivity contribution in [2.45, 2.75) is 26.1 Å². The first-order valence-corrected chi connectivity index (χ1v) is 6.85. The van der Waals surface area contributed by atoms with E-state index in [1.54, 1.807) is 4.90 Å². The zero-order chi connectivity index (χ0) is 15.7. The Kier molecular flexibility index (Phi) is 4.34. The fourth-order valence-electron chi connectivity index (χ4n) is 2.40. The Labute approximate surface area is 126 Å². The van der Waals surface area contributed by atoms with E-state index in [1.165, 1.54) is 6.07 Å². The van der Waals surface area contributed by atoms with Crippen LogP contribution in [0, 0.1) is 10.1 Å². The summed E-state index contributed by atoms with van der Waals surface area (Å²) >= 11 is 5.88. The number of nitro benzene ring substituents is 1. The molecule has 0 spiro atoms. The van der Waals surface area contributed by atoms with Crippen molar-refractivity contribution >= 4 is 28.9 Å². The number of ether oxygens (including phenoxy) is 1. The number of nitrogens with zero attached hydrogens (tertiary/aromatic N) is 2. The van der Waals surface area contributed by atoms with Crippen molar-refractivity contribution < 1.29 is 14.5 Å². The van der Waals surface area contributed by atoms with Crippen molar-refractivity contribution in [3.8, 4) is 0 Å². The van der Waals surface area contributed by atoms with E-state index in [-0.39, 0.29) is 40.1 Å². The number of carbonyl (C=O) groups excluding carboxylic acids is 1. The number of nitrogens with two attached hydrogens (primary N) is 1. The number of anilines is 1. The van der Waals surface area contributed by atoms with Crippen molar-refractivity contribution in [3.63, 3.8) is 0 Å². The molecule has 7 nitrogen and oxygen atoms in total. The molecule has 0 aliphatic carbocycles. The number of hydrogen-bond donors (Lipinski definition) is 1. The molecule has 1 aromatic rings. The Morgan fingerprint density at radius 3 is 2.52 bits per heavy atom. The van der Waals surface area contributed by atoms with Crippen LogP contribution in [0.25, 0.3) is 0 Å². The Bertz CT molecular complexity index is 583. The average molecular weight is 314 g/mol. The molecule has 8 heteroatoms. The minimum Gasteiger partial charge on any atom is -0.392 e. The molecule has 0 bridgehead atoms. The second-order valence-corrected chi connectivity index (χ2v) is 5.52. The molecule has 1 heterocycles. The number of amides is 1. The predicted molar refractivity (Wildman–Crippen MR) is 78.4 cm³/mol. The highest BCUT2D eigenvalue weighted by Crippen LogP contribution is 2.31. The van der Waals surface area contributed by atoms with E-state index in [9.17, 15) is 14.9 Å². The number of rotatable bonds is 2. The monoisotopic (exact) mass is 313 g/mol. The summed E-state index contributed by atoms with van der Waals surface area (Å²) in [6.07, 6.45) is -0.172. The molecule has 2 atom stereocenters. The van der Waals surface area contributed by atoms with Crippen LogP contribution < -0.4 is 5.73 Å². The maximum absolute atomic E-state index is 12.5. The second-order valence-electron chi connectivity index (χ2n) is 5.12. The van der Waals surface area contributed by atoms with Gasteiger partial charge in [-0.05, 0) is 19.9 Å². The van der Waals surface area contributed by atoms with Gasteiger partial charge >= 0.3 is 0 Å². The lowest BCUT2D eigenvalue weighted by Gasteiger charge is -2.35. The fraction of sp³-hybridized carbons (Fsp3) is 0.462. The van der Waals surface area contributed by atoms with Gasteiger partial charge in [0, 0.05) is 24.7 Å². The van der Waals surface area contributed by atoms with E-state index in [0.717, 1.165) is 6.07 Å². The molecule has 0 radical (unpaired) electrons. The zero-order valence-corrected chi connectivity index (χ0v) is 12.5. The summed E-state index contributed by atoms with van der Waals surface area (Å²) in [7, 11) is 0. The molecule has 2 rings (SSSR count). The first kappa shape index (κ1) is 15.5. The zero-order valence-electron chi connectivity index (χ0n) is 11.7. The van der Waals surface area contributed by atoms with Crippen molar-refractivity contribution in [2.75, 3.05) is 18.8 Å². The smallest absolute Gasteiger partial charge is 0.294 e. The van der Waals surface area contributed by atoms with Crippen LogP contribution in [0.5, 0.6) is 0 Å². The highest BCUT2D eigenvalue weighted by molar-refractivity contribution is 6.34. The normalized spacial score (nSPS) is 22.1. The largest absolute Gasteiger partial charge is 0.392 e. The summed E-state index contributed by atoms with van der Waals surface area (Å²) < 4.78 is 5.56. The Morgan fingerprint density at radius 1 is 1.43 bits per heavy atom. The molecule has 114 valence electrons. The quantitative estimate of drug-likeness (QED) is 0.512. The molecule has 21 heavy (non-hydrogen) atoms. The first-order chi connectivity index (χ1) is 9.79. The number of hydrogen-bond acceptors (Lipinski definition) is 5. The number of halogens is 1. The molecule has 2 N–H and O–H groups in total. The van der Waals surface area contributed by atoms with E-state index in [1.807, 2.05) is 13.8 Å². The van der Waals surface area contributed by atoms with E-state index >= 15 is 0 Å². The summed E-state index contributed by atoms with van der Waals surface area (Å²) in [4.78, 5) is 24.4. The molecular weight excluding hydrogens is 298 g/mol. The predicted octanol–water partition coefficient (Wildman–Crippen LogP) is 2.08. The van der Waals surface area contributed by atoms with E-state index < -0.39 is 4.92 Å². The summed E-state index contributed by atoms with van der Waals surface area (Å²) in [6, 6.07) is 2.52. The molecule has 1 fully saturated rings. The molecule has 1 aliphatic heterocycles. The molecule has 1 saturated heterocycles. The molecule has 0 aromatic heterocycles. The van der Waals surface area contributed by atoms with Crippen LogP contribution in [-0.2, 0) is 4.74 Å². The van der Waals surface area contributed by atoms with Gasteiger partial charge in [0.15, 0.2) is 0 Å². The van der Waals surface area contributed by atoms with Gasteiger partial charge in [0.05, 0.1) is 22.2 Å². The maximum Gasteiger partial charge on any atom is 0.294 e. The molecule has 1 aromatic carbocycles. The Morgan fingerprint density at radius 2 is 2.00 bits per heavy atom. The molecule has 1 amide bonds. The number of nitrogen functional groups attached to an aromatic ring is 1. The van der Waals surface area contributed by atoms with E-state index in [0.29, 0.717) is 13.1 Å².